The molecule has 1 atom stereocenters. The van der Waals surface area contributed by atoms with Crippen LogP contribution in [-0.2, 0) is 0 Å². The van der Waals surface area contributed by atoms with Crippen molar-refractivity contribution in [3.05, 3.63) is 29.6 Å². The topological polar surface area (TPSA) is 59.1 Å². The van der Waals surface area contributed by atoms with Crippen LogP contribution in [0.4, 0.5) is 4.39 Å². The van der Waals surface area contributed by atoms with E-state index in [1.54, 1.807) is 26.0 Å². The highest BCUT2D eigenvalue weighted by Gasteiger charge is 2.07. The SMILES string of the molecule is Cc1ccc(OC(C)C(=N)N)cc1F. The first-order valence-corrected chi connectivity index (χ1v) is 4.27. The summed E-state index contributed by atoms with van der Waals surface area (Å²) in [7, 11) is 0. The average Bonchev–Trinajstić information content (AvgIpc) is 2.11. The van der Waals surface area contributed by atoms with Crippen molar-refractivity contribution in [1.29, 1.82) is 5.41 Å². The Morgan fingerprint density at radius 2 is 2.21 bits per heavy atom. The van der Waals surface area contributed by atoms with Crippen LogP contribution < -0.4 is 10.5 Å². The standard InChI is InChI=1S/C10H13FN2O/c1-6-3-4-8(5-9(6)11)14-7(2)10(12)13/h3-5,7H,1-2H3,(H3,12,13). The summed E-state index contributed by atoms with van der Waals surface area (Å²) in [5.74, 6) is -0.0139. The summed E-state index contributed by atoms with van der Waals surface area (Å²) in [4.78, 5) is 0. The van der Waals surface area contributed by atoms with Gasteiger partial charge in [0.15, 0.2) is 6.10 Å². The normalized spacial score (nSPS) is 12.2. The molecule has 0 saturated heterocycles. The highest BCUT2D eigenvalue weighted by atomic mass is 19.1. The van der Waals surface area contributed by atoms with E-state index >= 15 is 0 Å². The van der Waals surface area contributed by atoms with Gasteiger partial charge in [0.2, 0.25) is 0 Å². The van der Waals surface area contributed by atoms with E-state index in [4.69, 9.17) is 15.9 Å². The lowest BCUT2D eigenvalue weighted by Gasteiger charge is -2.13. The molecule has 0 heterocycles. The van der Waals surface area contributed by atoms with Crippen molar-refractivity contribution in [2.75, 3.05) is 0 Å². The van der Waals surface area contributed by atoms with Gasteiger partial charge in [0.25, 0.3) is 0 Å². The maximum atomic E-state index is 13.1. The minimum absolute atomic E-state index is 0.0778. The zero-order chi connectivity index (χ0) is 10.7. The van der Waals surface area contributed by atoms with E-state index in [0.29, 0.717) is 11.3 Å². The van der Waals surface area contributed by atoms with Gasteiger partial charge < -0.3 is 10.5 Å². The van der Waals surface area contributed by atoms with Gasteiger partial charge >= 0.3 is 0 Å². The molecule has 0 aliphatic rings. The molecule has 0 radical (unpaired) electrons. The van der Waals surface area contributed by atoms with E-state index < -0.39 is 6.10 Å². The van der Waals surface area contributed by atoms with Crippen LogP contribution in [-0.4, -0.2) is 11.9 Å². The molecule has 3 nitrogen and oxygen atoms in total. The Bertz CT molecular complexity index is 352. The lowest BCUT2D eigenvalue weighted by atomic mass is 10.2. The summed E-state index contributed by atoms with van der Waals surface area (Å²) in [6.45, 7) is 3.31. The number of nitrogens with one attached hydrogen (secondary N) is 1. The predicted octanol–water partition coefficient (Wildman–Crippen LogP) is 1.84. The Labute approximate surface area is 82.2 Å². The fraction of sp³-hybridized carbons (Fsp3) is 0.300. The number of ether oxygens (including phenoxy) is 1. The first-order valence-electron chi connectivity index (χ1n) is 4.27. The molecule has 0 aliphatic heterocycles. The molecule has 14 heavy (non-hydrogen) atoms. The average molecular weight is 196 g/mol. The quantitative estimate of drug-likeness (QED) is 0.572. The molecule has 0 bridgehead atoms. The number of rotatable bonds is 3. The van der Waals surface area contributed by atoms with Crippen LogP contribution in [0.25, 0.3) is 0 Å². The fourth-order valence-corrected chi connectivity index (χ4v) is 0.915. The second-order valence-electron chi connectivity index (χ2n) is 3.13. The van der Waals surface area contributed by atoms with Crippen LogP contribution in [0, 0.1) is 18.2 Å². The van der Waals surface area contributed by atoms with Crippen molar-refractivity contribution >= 4 is 5.84 Å². The Balaban J connectivity index is 2.78. The molecular weight excluding hydrogens is 183 g/mol. The van der Waals surface area contributed by atoms with Gasteiger partial charge in [0.1, 0.15) is 17.4 Å². The van der Waals surface area contributed by atoms with Crippen LogP contribution in [0.5, 0.6) is 5.75 Å². The van der Waals surface area contributed by atoms with Crippen LogP contribution in [0.15, 0.2) is 18.2 Å². The lowest BCUT2D eigenvalue weighted by molar-refractivity contribution is 0.283. The third-order valence-corrected chi connectivity index (χ3v) is 1.89. The first-order chi connectivity index (χ1) is 6.50. The van der Waals surface area contributed by atoms with Crippen molar-refractivity contribution in [3.63, 3.8) is 0 Å². The van der Waals surface area contributed by atoms with Gasteiger partial charge in [0.05, 0.1) is 0 Å². The molecule has 0 aromatic heterocycles. The van der Waals surface area contributed by atoms with Crippen LogP contribution in [0.3, 0.4) is 0 Å². The molecule has 1 aromatic rings. The molecule has 4 heteroatoms. The number of hydrogen-bond acceptors (Lipinski definition) is 2. The van der Waals surface area contributed by atoms with Crippen molar-refractivity contribution in [3.8, 4) is 5.75 Å². The highest BCUT2D eigenvalue weighted by Crippen LogP contribution is 2.16. The number of benzene rings is 1. The Kier molecular flexibility index (Phi) is 3.06. The van der Waals surface area contributed by atoms with Gasteiger partial charge in [-0.2, -0.15) is 0 Å². The molecule has 1 rings (SSSR count). The number of halogens is 1. The second-order valence-corrected chi connectivity index (χ2v) is 3.13. The van der Waals surface area contributed by atoms with Gasteiger partial charge in [-0.3, -0.25) is 5.41 Å². The fourth-order valence-electron chi connectivity index (χ4n) is 0.915. The molecule has 76 valence electrons. The van der Waals surface area contributed by atoms with E-state index in [2.05, 4.69) is 0 Å². The summed E-state index contributed by atoms with van der Waals surface area (Å²) in [6, 6.07) is 4.56. The van der Waals surface area contributed by atoms with E-state index in [1.807, 2.05) is 0 Å². The summed E-state index contributed by atoms with van der Waals surface area (Å²) < 4.78 is 18.3. The molecule has 0 spiro atoms. The van der Waals surface area contributed by atoms with Crippen LogP contribution in [0.1, 0.15) is 12.5 Å². The molecule has 0 aliphatic carbocycles. The van der Waals surface area contributed by atoms with E-state index in [-0.39, 0.29) is 11.7 Å². The molecular formula is C10H13FN2O. The minimum atomic E-state index is -0.530. The van der Waals surface area contributed by atoms with Gasteiger partial charge in [0, 0.05) is 6.07 Å². The van der Waals surface area contributed by atoms with Crippen molar-refractivity contribution in [2.45, 2.75) is 20.0 Å². The monoisotopic (exact) mass is 196 g/mol. The third-order valence-electron chi connectivity index (χ3n) is 1.89. The Morgan fingerprint density at radius 3 is 2.71 bits per heavy atom. The number of nitrogens with two attached hydrogens (primary N) is 1. The zero-order valence-corrected chi connectivity index (χ0v) is 8.17. The largest absolute Gasteiger partial charge is 0.483 e. The second kappa shape index (κ2) is 4.09. The molecule has 0 saturated carbocycles. The maximum absolute atomic E-state index is 13.1. The van der Waals surface area contributed by atoms with Gasteiger partial charge in [-0.25, -0.2) is 4.39 Å². The highest BCUT2D eigenvalue weighted by molar-refractivity contribution is 5.81. The molecule has 0 fully saturated rings. The summed E-state index contributed by atoms with van der Waals surface area (Å²) in [5, 5.41) is 7.10. The minimum Gasteiger partial charge on any atom is -0.483 e. The van der Waals surface area contributed by atoms with Gasteiger partial charge in [-0.1, -0.05) is 6.07 Å². The summed E-state index contributed by atoms with van der Waals surface area (Å²) in [6.07, 6.45) is -0.530. The number of hydrogen-bond donors (Lipinski definition) is 2. The maximum Gasteiger partial charge on any atom is 0.152 e. The summed E-state index contributed by atoms with van der Waals surface area (Å²) in [5.41, 5.74) is 5.78. The number of aryl methyl sites for hydroxylation is 1. The van der Waals surface area contributed by atoms with E-state index in [9.17, 15) is 4.39 Å². The van der Waals surface area contributed by atoms with Crippen molar-refractivity contribution in [2.24, 2.45) is 5.73 Å². The lowest BCUT2D eigenvalue weighted by Crippen LogP contribution is -2.30. The van der Waals surface area contributed by atoms with Gasteiger partial charge in [-0.05, 0) is 25.5 Å². The molecule has 1 aromatic carbocycles. The predicted molar refractivity (Wildman–Crippen MR) is 53.1 cm³/mol. The van der Waals surface area contributed by atoms with E-state index in [0.717, 1.165) is 0 Å². The van der Waals surface area contributed by atoms with Gasteiger partial charge in [-0.15, -0.1) is 0 Å². The molecule has 0 amide bonds. The van der Waals surface area contributed by atoms with Crippen LogP contribution in [0.2, 0.25) is 0 Å². The first kappa shape index (κ1) is 10.5. The molecule has 1 unspecified atom stereocenters. The van der Waals surface area contributed by atoms with E-state index in [1.165, 1.54) is 6.07 Å². The van der Waals surface area contributed by atoms with Crippen molar-refractivity contribution in [1.82, 2.24) is 0 Å². The number of amidine groups is 1. The third kappa shape index (κ3) is 2.45. The molecule has 3 N–H and O–H groups in total. The smallest absolute Gasteiger partial charge is 0.152 e. The Hall–Kier alpha value is -1.58. The zero-order valence-electron chi connectivity index (χ0n) is 8.17. The summed E-state index contributed by atoms with van der Waals surface area (Å²) >= 11 is 0. The van der Waals surface area contributed by atoms with Crippen LogP contribution >= 0.6 is 0 Å². The van der Waals surface area contributed by atoms with Crippen molar-refractivity contribution < 1.29 is 9.13 Å². The Morgan fingerprint density at radius 1 is 1.57 bits per heavy atom.